The van der Waals surface area contributed by atoms with Crippen LogP contribution < -0.4 is 5.56 Å². The first kappa shape index (κ1) is 15.4. The molecule has 2 aromatic heterocycles. The summed E-state index contributed by atoms with van der Waals surface area (Å²) >= 11 is 1.45. The lowest BCUT2D eigenvalue weighted by molar-refractivity contribution is -0.0475. The molecule has 1 fully saturated rings. The number of fused-ring (bicyclic) bond motifs is 1. The van der Waals surface area contributed by atoms with Crippen molar-refractivity contribution in [3.05, 3.63) is 70.1 Å². The zero-order valence-corrected chi connectivity index (χ0v) is 14.0. The largest absolute Gasteiger partial charge is 0.346 e. The minimum Gasteiger partial charge on any atom is -0.346 e. The molecule has 1 saturated heterocycles. The summed E-state index contributed by atoms with van der Waals surface area (Å²) in [4.78, 5) is 18.6. The fourth-order valence-electron chi connectivity index (χ4n) is 2.60. The number of aryl methyl sites for hydroxylation is 1. The molecule has 0 spiro atoms. The van der Waals surface area contributed by atoms with Crippen molar-refractivity contribution in [2.75, 3.05) is 13.2 Å². The Hall–Kier alpha value is -2.15. The molecule has 1 aliphatic heterocycles. The maximum Gasteiger partial charge on any atom is 0.267 e. The molecule has 4 rings (SSSR count). The number of ether oxygens (including phenoxy) is 2. The summed E-state index contributed by atoms with van der Waals surface area (Å²) in [6.07, 6.45) is 1.05. The quantitative estimate of drug-likeness (QED) is 0.685. The van der Waals surface area contributed by atoms with E-state index in [-0.39, 0.29) is 5.56 Å². The molecule has 24 heavy (non-hydrogen) atoms. The van der Waals surface area contributed by atoms with Gasteiger partial charge in [-0.15, -0.1) is 0 Å². The van der Waals surface area contributed by atoms with Crippen molar-refractivity contribution in [3.8, 4) is 0 Å². The lowest BCUT2D eigenvalue weighted by Gasteiger charge is -2.14. The Bertz CT molecular complexity index is 931. The Balaban J connectivity index is 1.86. The Morgan fingerprint density at radius 3 is 2.62 bits per heavy atom. The first-order valence-electron chi connectivity index (χ1n) is 7.71. The van der Waals surface area contributed by atoms with Crippen LogP contribution in [0.1, 0.15) is 17.4 Å². The Morgan fingerprint density at radius 2 is 1.88 bits per heavy atom. The van der Waals surface area contributed by atoms with Crippen LogP contribution in [0.25, 0.3) is 5.65 Å². The lowest BCUT2D eigenvalue weighted by atomic mass is 10.2. The molecule has 0 bridgehead atoms. The van der Waals surface area contributed by atoms with Gasteiger partial charge in [0.1, 0.15) is 16.2 Å². The zero-order valence-electron chi connectivity index (χ0n) is 13.1. The molecule has 3 aromatic rings. The maximum absolute atomic E-state index is 12.9. The van der Waals surface area contributed by atoms with Gasteiger partial charge in [0, 0.05) is 11.1 Å². The van der Waals surface area contributed by atoms with Crippen LogP contribution >= 0.6 is 11.8 Å². The van der Waals surface area contributed by atoms with Crippen LogP contribution in [0.15, 0.2) is 63.4 Å². The average Bonchev–Trinajstić information content (AvgIpc) is 3.11. The molecule has 3 heterocycles. The molecule has 1 aliphatic rings. The summed E-state index contributed by atoms with van der Waals surface area (Å²) in [6.45, 7) is 3.01. The van der Waals surface area contributed by atoms with Gasteiger partial charge < -0.3 is 9.47 Å². The van der Waals surface area contributed by atoms with Crippen LogP contribution in [0.5, 0.6) is 0 Å². The minimum atomic E-state index is -0.657. The Labute approximate surface area is 143 Å². The molecule has 0 aliphatic carbocycles. The fourth-order valence-corrected chi connectivity index (χ4v) is 3.53. The number of rotatable bonds is 3. The highest BCUT2D eigenvalue weighted by Gasteiger charge is 2.27. The predicted octanol–water partition coefficient (Wildman–Crippen LogP) is 3.20. The first-order valence-corrected chi connectivity index (χ1v) is 8.53. The van der Waals surface area contributed by atoms with E-state index < -0.39 is 6.29 Å². The summed E-state index contributed by atoms with van der Waals surface area (Å²) in [7, 11) is 0. The number of pyridine rings is 1. The normalized spacial score (nSPS) is 15.2. The lowest BCUT2D eigenvalue weighted by Crippen LogP contribution is -2.23. The number of aromatic nitrogens is 2. The van der Waals surface area contributed by atoms with Crippen molar-refractivity contribution in [2.24, 2.45) is 0 Å². The van der Waals surface area contributed by atoms with E-state index in [1.54, 1.807) is 6.20 Å². The second-order valence-corrected chi connectivity index (χ2v) is 6.62. The van der Waals surface area contributed by atoms with Gasteiger partial charge in [-0.1, -0.05) is 35.5 Å². The van der Waals surface area contributed by atoms with Crippen molar-refractivity contribution in [1.29, 1.82) is 0 Å². The van der Waals surface area contributed by atoms with Crippen molar-refractivity contribution in [1.82, 2.24) is 9.38 Å². The summed E-state index contributed by atoms with van der Waals surface area (Å²) < 4.78 is 12.7. The monoisotopic (exact) mass is 340 g/mol. The molecule has 1 aromatic carbocycles. The number of hydrogen-bond donors (Lipinski definition) is 0. The van der Waals surface area contributed by atoms with Crippen LogP contribution in [-0.4, -0.2) is 22.6 Å². The zero-order chi connectivity index (χ0) is 16.5. The average molecular weight is 340 g/mol. The first-order chi connectivity index (χ1) is 11.7. The molecular formula is C18H16N2O3S. The topological polar surface area (TPSA) is 52.8 Å². The van der Waals surface area contributed by atoms with Gasteiger partial charge in [0.15, 0.2) is 6.29 Å². The van der Waals surface area contributed by atoms with Crippen molar-refractivity contribution >= 4 is 17.4 Å². The van der Waals surface area contributed by atoms with Gasteiger partial charge in [-0.05, 0) is 31.2 Å². The molecule has 0 atom stereocenters. The predicted molar refractivity (Wildman–Crippen MR) is 91.4 cm³/mol. The van der Waals surface area contributed by atoms with Gasteiger partial charge in [0.05, 0.1) is 13.2 Å². The van der Waals surface area contributed by atoms with E-state index >= 15 is 0 Å². The summed E-state index contributed by atoms with van der Waals surface area (Å²) in [5.74, 6) is 0. The van der Waals surface area contributed by atoms with Gasteiger partial charge in [0.25, 0.3) is 5.56 Å². The highest BCUT2D eigenvalue weighted by molar-refractivity contribution is 7.99. The number of hydrogen-bond acceptors (Lipinski definition) is 5. The van der Waals surface area contributed by atoms with Gasteiger partial charge >= 0.3 is 0 Å². The SMILES string of the molecule is Cc1ccc(Sc2nc3ccccn3c(=O)c2C2OCCO2)cc1. The second-order valence-electron chi connectivity index (χ2n) is 5.55. The third kappa shape index (κ3) is 2.84. The highest BCUT2D eigenvalue weighted by atomic mass is 32.2. The summed E-state index contributed by atoms with van der Waals surface area (Å²) in [6, 6.07) is 13.6. The van der Waals surface area contributed by atoms with E-state index in [1.807, 2.05) is 49.4 Å². The van der Waals surface area contributed by atoms with Crippen LogP contribution in [0.3, 0.4) is 0 Å². The molecule has 0 N–H and O–H groups in total. The van der Waals surface area contributed by atoms with Crippen LogP contribution in [-0.2, 0) is 9.47 Å². The van der Waals surface area contributed by atoms with Gasteiger partial charge in [0.2, 0.25) is 0 Å². The second kappa shape index (κ2) is 6.39. The molecular weight excluding hydrogens is 324 g/mol. The molecule has 0 saturated carbocycles. The van der Waals surface area contributed by atoms with Crippen molar-refractivity contribution < 1.29 is 9.47 Å². The Morgan fingerprint density at radius 1 is 1.12 bits per heavy atom. The van der Waals surface area contributed by atoms with E-state index in [0.29, 0.717) is 29.5 Å². The molecule has 6 heteroatoms. The third-order valence-electron chi connectivity index (χ3n) is 3.83. The van der Waals surface area contributed by atoms with E-state index in [9.17, 15) is 4.79 Å². The van der Waals surface area contributed by atoms with Crippen molar-refractivity contribution in [2.45, 2.75) is 23.1 Å². The maximum atomic E-state index is 12.9. The molecule has 122 valence electrons. The Kier molecular flexibility index (Phi) is 4.10. The number of benzene rings is 1. The molecule has 5 nitrogen and oxygen atoms in total. The van der Waals surface area contributed by atoms with Gasteiger partial charge in [-0.25, -0.2) is 4.98 Å². The highest BCUT2D eigenvalue weighted by Crippen LogP contribution is 2.33. The van der Waals surface area contributed by atoms with Crippen LogP contribution in [0.4, 0.5) is 0 Å². The summed E-state index contributed by atoms with van der Waals surface area (Å²) in [5, 5.41) is 0.627. The molecule has 0 radical (unpaired) electrons. The van der Waals surface area contributed by atoms with Crippen LogP contribution in [0.2, 0.25) is 0 Å². The van der Waals surface area contributed by atoms with Gasteiger partial charge in [-0.3, -0.25) is 9.20 Å². The van der Waals surface area contributed by atoms with Crippen LogP contribution in [0, 0.1) is 6.92 Å². The smallest absolute Gasteiger partial charge is 0.267 e. The third-order valence-corrected chi connectivity index (χ3v) is 4.84. The van der Waals surface area contributed by atoms with E-state index in [1.165, 1.54) is 21.7 Å². The number of nitrogens with zero attached hydrogens (tertiary/aromatic N) is 2. The fraction of sp³-hybridized carbons (Fsp3) is 0.222. The molecule has 0 amide bonds. The van der Waals surface area contributed by atoms with E-state index in [2.05, 4.69) is 4.98 Å². The van der Waals surface area contributed by atoms with E-state index in [0.717, 1.165) is 4.90 Å². The van der Waals surface area contributed by atoms with E-state index in [4.69, 9.17) is 9.47 Å². The van der Waals surface area contributed by atoms with Gasteiger partial charge in [-0.2, -0.15) is 0 Å². The van der Waals surface area contributed by atoms with Crippen molar-refractivity contribution in [3.63, 3.8) is 0 Å². The molecule has 0 unspecified atom stereocenters. The minimum absolute atomic E-state index is 0.151. The standard InChI is InChI=1S/C18H16N2O3S/c1-12-5-7-13(8-6-12)24-16-15(18-22-10-11-23-18)17(21)20-9-3-2-4-14(20)19-16/h2-9,18H,10-11H2,1H3. The summed E-state index contributed by atoms with van der Waals surface area (Å²) in [5.41, 5.74) is 2.11.